The van der Waals surface area contributed by atoms with Crippen molar-refractivity contribution < 1.29 is 27.8 Å². The second-order valence-corrected chi connectivity index (χ2v) is 3.80. The molecule has 0 bridgehead atoms. The Kier molecular flexibility index (Phi) is 6.32. The van der Waals surface area contributed by atoms with E-state index in [1.165, 1.54) is 0 Å². The minimum absolute atomic E-state index is 0.0404. The maximum absolute atomic E-state index is 13.0. The average Bonchev–Trinajstić information content (AvgIpc) is 2.38. The number of carbonyl (C=O) groups excluding carboxylic acids is 2. The monoisotopic (exact) mass is 299 g/mol. The summed E-state index contributed by atoms with van der Waals surface area (Å²) in [6, 6.07) is 2.72. The third kappa shape index (κ3) is 5.21. The zero-order valence-electron chi connectivity index (χ0n) is 11.6. The quantitative estimate of drug-likeness (QED) is 0.378. The van der Waals surface area contributed by atoms with E-state index >= 15 is 0 Å². The average molecular weight is 299 g/mol. The molecule has 21 heavy (non-hydrogen) atoms. The van der Waals surface area contributed by atoms with Gasteiger partial charge in [-0.05, 0) is 26.0 Å². The zero-order chi connectivity index (χ0) is 15.8. The highest BCUT2D eigenvalue weighted by Gasteiger charge is 2.20. The van der Waals surface area contributed by atoms with Gasteiger partial charge in [0.2, 0.25) is 0 Å². The zero-order valence-corrected chi connectivity index (χ0v) is 11.6. The Balaban J connectivity index is 2.96. The maximum atomic E-state index is 13.0. The number of nitrogens with one attached hydrogen (secondary N) is 1. The van der Waals surface area contributed by atoms with Crippen molar-refractivity contribution in [3.05, 3.63) is 41.6 Å². The first-order valence-electron chi connectivity index (χ1n) is 6.25. The number of carbonyl (C=O) groups is 2. The highest BCUT2D eigenvalue weighted by molar-refractivity contribution is 6.14. The van der Waals surface area contributed by atoms with E-state index in [0.717, 1.165) is 18.3 Å². The Morgan fingerprint density at radius 2 is 1.52 bits per heavy atom. The van der Waals surface area contributed by atoms with Gasteiger partial charge in [-0.15, -0.1) is 0 Å². The molecule has 0 saturated heterocycles. The Hall–Kier alpha value is -2.44. The van der Waals surface area contributed by atoms with E-state index in [1.54, 1.807) is 13.8 Å². The SMILES string of the molecule is CCOC(=O)C(=CNc1cc(F)cc(F)c1)C(=O)OCC. The van der Waals surface area contributed by atoms with Crippen LogP contribution in [-0.2, 0) is 19.1 Å². The Bertz CT molecular complexity index is 518. The second kappa shape index (κ2) is 7.98. The summed E-state index contributed by atoms with van der Waals surface area (Å²) >= 11 is 0. The van der Waals surface area contributed by atoms with Gasteiger partial charge in [-0.1, -0.05) is 0 Å². The van der Waals surface area contributed by atoms with Crippen LogP contribution < -0.4 is 5.32 Å². The van der Waals surface area contributed by atoms with Crippen molar-refractivity contribution in [2.75, 3.05) is 18.5 Å². The summed E-state index contributed by atoms with van der Waals surface area (Å²) in [5.74, 6) is -3.36. The predicted octanol–water partition coefficient (Wildman–Crippen LogP) is 2.39. The van der Waals surface area contributed by atoms with Crippen molar-refractivity contribution in [1.29, 1.82) is 0 Å². The minimum atomic E-state index is -0.889. The molecule has 0 heterocycles. The van der Waals surface area contributed by atoms with Crippen LogP contribution in [-0.4, -0.2) is 25.2 Å². The first kappa shape index (κ1) is 16.6. The summed E-state index contributed by atoms with van der Waals surface area (Å²) in [5, 5.41) is 2.46. The fourth-order valence-electron chi connectivity index (χ4n) is 1.41. The van der Waals surface area contributed by atoms with Crippen molar-refractivity contribution in [1.82, 2.24) is 0 Å². The third-order valence-corrected chi connectivity index (χ3v) is 2.24. The van der Waals surface area contributed by atoms with Gasteiger partial charge in [0.25, 0.3) is 0 Å². The van der Waals surface area contributed by atoms with Crippen molar-refractivity contribution >= 4 is 17.6 Å². The van der Waals surface area contributed by atoms with E-state index in [2.05, 4.69) is 5.32 Å². The van der Waals surface area contributed by atoms with Crippen LogP contribution in [0.25, 0.3) is 0 Å². The Morgan fingerprint density at radius 3 is 1.95 bits per heavy atom. The summed E-state index contributed by atoms with van der Waals surface area (Å²) in [6.07, 6.45) is 0.990. The first-order chi connectivity index (χ1) is 9.97. The number of esters is 2. The van der Waals surface area contributed by atoms with Crippen molar-refractivity contribution in [3.63, 3.8) is 0 Å². The van der Waals surface area contributed by atoms with Gasteiger partial charge in [0, 0.05) is 18.0 Å². The van der Waals surface area contributed by atoms with Crippen LogP contribution in [0.15, 0.2) is 30.0 Å². The van der Waals surface area contributed by atoms with Crippen LogP contribution in [0.2, 0.25) is 0 Å². The molecule has 7 heteroatoms. The number of halogens is 2. The van der Waals surface area contributed by atoms with E-state index in [1.807, 2.05) is 0 Å². The van der Waals surface area contributed by atoms with Gasteiger partial charge in [-0.3, -0.25) is 0 Å². The molecule has 5 nitrogen and oxygen atoms in total. The molecule has 0 amide bonds. The fourth-order valence-corrected chi connectivity index (χ4v) is 1.41. The molecule has 1 rings (SSSR count). The van der Waals surface area contributed by atoms with E-state index in [9.17, 15) is 18.4 Å². The number of hydrogen-bond acceptors (Lipinski definition) is 5. The molecule has 0 saturated carbocycles. The van der Waals surface area contributed by atoms with Crippen LogP contribution in [0.3, 0.4) is 0 Å². The molecule has 0 aromatic heterocycles. The molecule has 0 aliphatic carbocycles. The molecule has 0 aliphatic heterocycles. The van der Waals surface area contributed by atoms with Crippen molar-refractivity contribution in [2.24, 2.45) is 0 Å². The van der Waals surface area contributed by atoms with Gasteiger partial charge >= 0.3 is 11.9 Å². The van der Waals surface area contributed by atoms with Gasteiger partial charge in [0.1, 0.15) is 11.6 Å². The van der Waals surface area contributed by atoms with Crippen LogP contribution >= 0.6 is 0 Å². The molecule has 0 unspecified atom stereocenters. The van der Waals surface area contributed by atoms with Crippen molar-refractivity contribution in [3.8, 4) is 0 Å². The Labute approximate surface area is 120 Å². The normalized spacial score (nSPS) is 9.71. The van der Waals surface area contributed by atoms with E-state index in [0.29, 0.717) is 6.07 Å². The highest BCUT2D eigenvalue weighted by atomic mass is 19.1. The summed E-state index contributed by atoms with van der Waals surface area (Å²) in [5.41, 5.74) is -0.359. The van der Waals surface area contributed by atoms with Gasteiger partial charge < -0.3 is 14.8 Å². The van der Waals surface area contributed by atoms with Gasteiger partial charge in [0.15, 0.2) is 5.57 Å². The Morgan fingerprint density at radius 1 is 1.05 bits per heavy atom. The molecule has 1 N–H and O–H groups in total. The van der Waals surface area contributed by atoms with Crippen LogP contribution in [0.5, 0.6) is 0 Å². The van der Waals surface area contributed by atoms with Crippen molar-refractivity contribution in [2.45, 2.75) is 13.8 Å². The topological polar surface area (TPSA) is 64.6 Å². The number of anilines is 1. The lowest BCUT2D eigenvalue weighted by Crippen LogP contribution is -2.19. The second-order valence-electron chi connectivity index (χ2n) is 3.80. The molecule has 0 spiro atoms. The van der Waals surface area contributed by atoms with Crippen LogP contribution in [0, 0.1) is 11.6 Å². The lowest BCUT2D eigenvalue weighted by Gasteiger charge is -2.08. The molecule has 0 atom stereocenters. The number of rotatable bonds is 6. The lowest BCUT2D eigenvalue weighted by atomic mass is 10.2. The molecule has 1 aromatic carbocycles. The third-order valence-electron chi connectivity index (χ3n) is 2.24. The highest BCUT2D eigenvalue weighted by Crippen LogP contribution is 2.14. The standard InChI is InChI=1S/C14H15F2NO4/c1-3-20-13(18)12(14(19)21-4-2)8-17-11-6-9(15)5-10(16)7-11/h5-8,17H,3-4H2,1-2H3. The largest absolute Gasteiger partial charge is 0.462 e. The fraction of sp³-hybridized carbons (Fsp3) is 0.286. The van der Waals surface area contributed by atoms with E-state index in [-0.39, 0.29) is 18.9 Å². The van der Waals surface area contributed by atoms with E-state index in [4.69, 9.17) is 9.47 Å². The number of benzene rings is 1. The molecule has 0 fully saturated rings. The summed E-state index contributed by atoms with van der Waals surface area (Å²) in [7, 11) is 0. The number of ether oxygens (including phenoxy) is 2. The first-order valence-corrected chi connectivity index (χ1v) is 6.25. The predicted molar refractivity (Wildman–Crippen MR) is 71.3 cm³/mol. The van der Waals surface area contributed by atoms with Crippen LogP contribution in [0.4, 0.5) is 14.5 Å². The minimum Gasteiger partial charge on any atom is -0.462 e. The smallest absolute Gasteiger partial charge is 0.347 e. The lowest BCUT2D eigenvalue weighted by molar-refractivity contribution is -0.146. The summed E-state index contributed by atoms with van der Waals surface area (Å²) in [4.78, 5) is 23.3. The maximum Gasteiger partial charge on any atom is 0.347 e. The van der Waals surface area contributed by atoms with Gasteiger partial charge in [0.05, 0.1) is 13.2 Å². The number of hydrogen-bond donors (Lipinski definition) is 1. The molecule has 0 aliphatic rings. The molecule has 114 valence electrons. The van der Waals surface area contributed by atoms with E-state index < -0.39 is 29.1 Å². The summed E-state index contributed by atoms with van der Waals surface area (Å²) < 4.78 is 35.5. The molecule has 0 radical (unpaired) electrons. The van der Waals surface area contributed by atoms with Gasteiger partial charge in [-0.2, -0.15) is 0 Å². The molecular formula is C14H15F2NO4. The van der Waals surface area contributed by atoms with Crippen LogP contribution in [0.1, 0.15) is 13.8 Å². The summed E-state index contributed by atoms with van der Waals surface area (Å²) in [6.45, 7) is 3.31. The van der Waals surface area contributed by atoms with Gasteiger partial charge in [-0.25, -0.2) is 18.4 Å². The molecular weight excluding hydrogens is 284 g/mol. The molecule has 1 aromatic rings.